The van der Waals surface area contributed by atoms with E-state index in [0.717, 1.165) is 50.3 Å². The van der Waals surface area contributed by atoms with Gasteiger partial charge >= 0.3 is 0 Å². The topological polar surface area (TPSA) is 29.5 Å². The zero-order valence-corrected chi connectivity index (χ0v) is 43.5. The van der Waals surface area contributed by atoms with Crippen molar-refractivity contribution >= 4 is 71.7 Å². The Hall–Kier alpha value is -8.92. The molecule has 2 aromatic heterocycles. The molecule has 16 rings (SSSR count). The van der Waals surface area contributed by atoms with Crippen molar-refractivity contribution in [2.45, 2.75) is 57.8 Å². The molecule has 0 N–H and O–H groups in total. The Morgan fingerprint density at radius 3 is 1.64 bits per heavy atom. The molecule has 3 aliphatic rings. The van der Waals surface area contributed by atoms with E-state index in [1.807, 2.05) is 0 Å². The molecule has 0 aliphatic heterocycles. The molecule has 0 amide bonds. The van der Waals surface area contributed by atoms with E-state index in [-0.39, 0.29) is 16.2 Å². The average Bonchev–Trinajstić information content (AvgIpc) is 4.32. The number of benzene rings is 11. The van der Waals surface area contributed by atoms with Gasteiger partial charge in [0.15, 0.2) is 0 Å². The molecule has 11 aromatic carbocycles. The third-order valence-corrected chi connectivity index (χ3v) is 18.1. The Bertz CT molecular complexity index is 4670. The molecule has 0 saturated heterocycles. The molecular weight excluding hydrogens is 923 g/mol. The van der Waals surface area contributed by atoms with E-state index in [0.29, 0.717) is 0 Å². The molecule has 0 radical (unpaired) electrons. The fourth-order valence-electron chi connectivity index (χ4n) is 14.2. The first-order chi connectivity index (χ1) is 37.0. The number of fused-ring (bicyclic) bond motifs is 18. The summed E-state index contributed by atoms with van der Waals surface area (Å²) in [4.78, 5) is 2.52. The van der Waals surface area contributed by atoms with E-state index >= 15 is 0 Å². The molecule has 76 heavy (non-hydrogen) atoms. The maximum absolute atomic E-state index is 6.97. The Morgan fingerprint density at radius 2 is 0.855 bits per heavy atom. The largest absolute Gasteiger partial charge is 0.456 e. The van der Waals surface area contributed by atoms with Gasteiger partial charge in [0.05, 0.1) is 5.69 Å². The van der Waals surface area contributed by atoms with Crippen LogP contribution in [0.5, 0.6) is 0 Å². The first kappa shape index (κ1) is 43.5. The zero-order valence-electron chi connectivity index (χ0n) is 43.5. The van der Waals surface area contributed by atoms with Gasteiger partial charge in [-0.15, -0.1) is 0 Å². The van der Waals surface area contributed by atoms with Crippen LogP contribution in [0.1, 0.15) is 74.9 Å². The number of hydrogen-bond donors (Lipinski definition) is 0. The molecule has 0 atom stereocenters. The molecule has 0 bridgehead atoms. The third-order valence-electron chi connectivity index (χ3n) is 18.1. The van der Waals surface area contributed by atoms with Crippen molar-refractivity contribution in [2.75, 3.05) is 4.90 Å². The van der Waals surface area contributed by atoms with Crippen molar-refractivity contribution < 1.29 is 8.83 Å². The maximum atomic E-state index is 6.97. The monoisotopic (exact) mass is 975 g/mol. The van der Waals surface area contributed by atoms with Crippen LogP contribution in [0.4, 0.5) is 17.1 Å². The van der Waals surface area contributed by atoms with Gasteiger partial charge in [-0.05, 0) is 155 Å². The lowest BCUT2D eigenvalue weighted by Crippen LogP contribution is -2.18. The number of furan rings is 2. The fourth-order valence-corrected chi connectivity index (χ4v) is 14.2. The summed E-state index contributed by atoms with van der Waals surface area (Å²) in [5.74, 6) is 0. The molecule has 362 valence electrons. The number of para-hydroxylation sites is 3. The van der Waals surface area contributed by atoms with Gasteiger partial charge < -0.3 is 13.7 Å². The van der Waals surface area contributed by atoms with Crippen molar-refractivity contribution in [1.29, 1.82) is 0 Å². The summed E-state index contributed by atoms with van der Waals surface area (Å²) in [6.07, 6.45) is 0. The van der Waals surface area contributed by atoms with Crippen LogP contribution in [0, 0.1) is 0 Å². The summed E-state index contributed by atoms with van der Waals surface area (Å²) in [5, 5.41) is 7.16. The van der Waals surface area contributed by atoms with Gasteiger partial charge in [0.2, 0.25) is 0 Å². The molecule has 0 saturated carbocycles. The fraction of sp³-hybridized carbons (Fsp3) is 0.123. The van der Waals surface area contributed by atoms with Crippen molar-refractivity contribution in [3.63, 3.8) is 0 Å². The second-order valence-electron chi connectivity index (χ2n) is 23.1. The smallest absolute Gasteiger partial charge is 0.143 e. The lowest BCUT2D eigenvalue weighted by Gasteiger charge is -2.31. The molecule has 13 aromatic rings. The molecule has 0 fully saturated rings. The van der Waals surface area contributed by atoms with Crippen LogP contribution in [0.3, 0.4) is 0 Å². The number of rotatable bonds is 5. The average molecular weight is 976 g/mol. The predicted molar refractivity (Wildman–Crippen MR) is 317 cm³/mol. The standard InChI is InChI=1S/C73H53NO2/c1-71(2)56-35-36-65-68(51-25-13-16-29-63(51)75-65)67(56)55-41-59-53(39-60(55)71)49-33-31-44(37-57(49)72(59,3)4)74(62-28-15-12-24-47(62)43-19-8-7-9-20-43)45-32-34-50-58(38-45)73(5,6)61-40-54(48-27-18-22-42-21-10-11-23-46(42)48)70-69(66(50)61)52-26-14-17-30-64(52)76-70/h7-41H,1-6H3. The SMILES string of the molecule is CC1(C)c2cc(N(c3ccc4c(c3)C(C)(C)c3cc(-c5cccc6ccccc56)c5oc6ccccc6c5c3-4)c3ccccc3-c3ccccc3)ccc2-c2cc3c(cc21)-c1c(ccc2oc4ccccc4c12)C3(C)C. The Morgan fingerprint density at radius 1 is 0.316 bits per heavy atom. The zero-order chi connectivity index (χ0) is 51.0. The quantitative estimate of drug-likeness (QED) is 0.172. The summed E-state index contributed by atoms with van der Waals surface area (Å²) in [6.45, 7) is 14.5. The highest BCUT2D eigenvalue weighted by Crippen LogP contribution is 2.60. The van der Waals surface area contributed by atoms with E-state index in [4.69, 9.17) is 8.83 Å². The van der Waals surface area contributed by atoms with Crippen molar-refractivity contribution in [3.8, 4) is 55.6 Å². The molecule has 0 unspecified atom stereocenters. The molecule has 3 heteroatoms. The first-order valence-electron chi connectivity index (χ1n) is 26.8. The van der Waals surface area contributed by atoms with Crippen LogP contribution in [0.2, 0.25) is 0 Å². The van der Waals surface area contributed by atoms with Crippen molar-refractivity contribution in [1.82, 2.24) is 0 Å². The van der Waals surface area contributed by atoms with E-state index in [1.165, 1.54) is 110 Å². The number of hydrogen-bond acceptors (Lipinski definition) is 3. The van der Waals surface area contributed by atoms with Gasteiger partial charge in [-0.1, -0.05) is 187 Å². The van der Waals surface area contributed by atoms with Crippen molar-refractivity contribution in [3.05, 3.63) is 246 Å². The van der Waals surface area contributed by atoms with Crippen LogP contribution in [-0.2, 0) is 16.2 Å². The maximum Gasteiger partial charge on any atom is 0.143 e. The molecule has 0 spiro atoms. The molecule has 3 nitrogen and oxygen atoms in total. The van der Waals surface area contributed by atoms with Crippen LogP contribution >= 0.6 is 0 Å². The van der Waals surface area contributed by atoms with Crippen LogP contribution in [0.15, 0.2) is 221 Å². The van der Waals surface area contributed by atoms with E-state index in [1.54, 1.807) is 0 Å². The van der Waals surface area contributed by atoms with Crippen LogP contribution in [-0.4, -0.2) is 0 Å². The second kappa shape index (κ2) is 15.1. The minimum atomic E-state index is -0.347. The highest BCUT2D eigenvalue weighted by Gasteiger charge is 2.44. The summed E-state index contributed by atoms with van der Waals surface area (Å²) >= 11 is 0. The minimum absolute atomic E-state index is 0.188. The summed E-state index contributed by atoms with van der Waals surface area (Å²) < 4.78 is 13.5. The van der Waals surface area contributed by atoms with Gasteiger partial charge in [0.25, 0.3) is 0 Å². The van der Waals surface area contributed by atoms with Gasteiger partial charge in [-0.2, -0.15) is 0 Å². The van der Waals surface area contributed by atoms with Crippen molar-refractivity contribution in [2.24, 2.45) is 0 Å². The highest BCUT2D eigenvalue weighted by atomic mass is 16.3. The summed E-state index contributed by atoms with van der Waals surface area (Å²) in [7, 11) is 0. The second-order valence-corrected chi connectivity index (χ2v) is 23.1. The molecule has 2 heterocycles. The van der Waals surface area contributed by atoms with E-state index in [2.05, 4.69) is 259 Å². The highest BCUT2D eigenvalue weighted by molar-refractivity contribution is 6.20. The van der Waals surface area contributed by atoms with E-state index in [9.17, 15) is 0 Å². The van der Waals surface area contributed by atoms with Crippen LogP contribution < -0.4 is 4.90 Å². The van der Waals surface area contributed by atoms with Gasteiger partial charge in [-0.3, -0.25) is 0 Å². The minimum Gasteiger partial charge on any atom is -0.456 e. The Labute approximate surface area is 442 Å². The Kier molecular flexibility index (Phi) is 8.65. The number of anilines is 3. The van der Waals surface area contributed by atoms with E-state index < -0.39 is 0 Å². The summed E-state index contributed by atoms with van der Waals surface area (Å²) in [6, 6.07) is 78.7. The Balaban J connectivity index is 0.889. The summed E-state index contributed by atoms with van der Waals surface area (Å²) in [5.41, 5.74) is 26.8. The third kappa shape index (κ3) is 5.72. The lowest BCUT2D eigenvalue weighted by atomic mass is 9.79. The normalized spacial score (nSPS) is 15.0. The van der Waals surface area contributed by atoms with Gasteiger partial charge in [-0.25, -0.2) is 0 Å². The van der Waals surface area contributed by atoms with Gasteiger partial charge in [0.1, 0.15) is 22.3 Å². The first-order valence-corrected chi connectivity index (χ1v) is 26.8. The van der Waals surface area contributed by atoms with Crippen LogP contribution in [0.25, 0.3) is 110 Å². The lowest BCUT2D eigenvalue weighted by molar-refractivity contribution is 0.651. The number of nitrogens with zero attached hydrogens (tertiary/aromatic N) is 1. The molecule has 3 aliphatic carbocycles. The molecular formula is C73H53NO2. The predicted octanol–water partition coefficient (Wildman–Crippen LogP) is 20.4. The van der Waals surface area contributed by atoms with Gasteiger partial charge in [0, 0.05) is 60.3 Å².